The summed E-state index contributed by atoms with van der Waals surface area (Å²) in [5.41, 5.74) is 2.22. The molecule has 1 N–H and O–H groups in total. The first-order valence-electron chi connectivity index (χ1n) is 6.91. The van der Waals surface area contributed by atoms with Gasteiger partial charge in [0.05, 0.1) is 5.69 Å². The molecule has 1 fully saturated rings. The smallest absolute Gasteiger partial charge is 0.183 e. The third-order valence-corrected chi connectivity index (χ3v) is 4.02. The quantitative estimate of drug-likeness (QED) is 0.400. The molecular formula is C15H20N4S. The van der Waals surface area contributed by atoms with Crippen molar-refractivity contribution in [3.8, 4) is 6.19 Å². The monoisotopic (exact) mass is 288 g/mol. The standard InChI is InChI=1S/C15H20N4S/c1-20-15(17-12-16)18-14-6-4-13(5-7-14)8-11-19-9-2-3-10-19/h4-7H,2-3,8-11H2,1H3,(H,17,18). The third kappa shape index (κ3) is 4.55. The Bertz CT molecular complexity index is 484. The van der Waals surface area contributed by atoms with Crippen molar-refractivity contribution >= 4 is 22.6 Å². The highest BCUT2D eigenvalue weighted by atomic mass is 32.2. The Morgan fingerprint density at radius 3 is 2.65 bits per heavy atom. The van der Waals surface area contributed by atoms with E-state index >= 15 is 0 Å². The van der Waals surface area contributed by atoms with Gasteiger partial charge in [0.2, 0.25) is 0 Å². The van der Waals surface area contributed by atoms with Gasteiger partial charge in [-0.2, -0.15) is 5.26 Å². The van der Waals surface area contributed by atoms with Gasteiger partial charge >= 0.3 is 0 Å². The third-order valence-electron chi connectivity index (χ3n) is 3.44. The van der Waals surface area contributed by atoms with E-state index in [1.54, 1.807) is 0 Å². The molecule has 5 heteroatoms. The number of likely N-dealkylation sites (tertiary alicyclic amines) is 1. The SMILES string of the molecule is CSC(=Nc1ccc(CCN2CCCC2)cc1)NC#N. The molecular weight excluding hydrogens is 268 g/mol. The summed E-state index contributed by atoms with van der Waals surface area (Å²) in [5.74, 6) is 0. The number of nitriles is 1. The Hall–Kier alpha value is -1.51. The average molecular weight is 288 g/mol. The van der Waals surface area contributed by atoms with E-state index in [0.29, 0.717) is 5.17 Å². The Balaban J connectivity index is 1.90. The van der Waals surface area contributed by atoms with Crippen molar-refractivity contribution in [3.63, 3.8) is 0 Å². The second kappa shape index (κ2) is 7.93. The normalized spacial score (nSPS) is 16.1. The van der Waals surface area contributed by atoms with Crippen LogP contribution < -0.4 is 5.32 Å². The molecule has 2 rings (SSSR count). The van der Waals surface area contributed by atoms with Crippen LogP contribution >= 0.6 is 11.8 Å². The van der Waals surface area contributed by atoms with Gasteiger partial charge in [-0.1, -0.05) is 23.9 Å². The van der Waals surface area contributed by atoms with E-state index in [-0.39, 0.29) is 0 Å². The lowest BCUT2D eigenvalue weighted by molar-refractivity contribution is 0.343. The van der Waals surface area contributed by atoms with Gasteiger partial charge in [0.25, 0.3) is 0 Å². The second-order valence-corrected chi connectivity index (χ2v) is 5.62. The van der Waals surface area contributed by atoms with Crippen LogP contribution in [-0.2, 0) is 6.42 Å². The van der Waals surface area contributed by atoms with E-state index in [9.17, 15) is 0 Å². The number of benzene rings is 1. The Morgan fingerprint density at radius 2 is 2.05 bits per heavy atom. The molecule has 1 aliphatic heterocycles. The molecule has 1 saturated heterocycles. The summed E-state index contributed by atoms with van der Waals surface area (Å²) in [6.07, 6.45) is 7.57. The van der Waals surface area contributed by atoms with Crippen LogP contribution in [0.1, 0.15) is 18.4 Å². The summed E-state index contributed by atoms with van der Waals surface area (Å²) in [7, 11) is 0. The van der Waals surface area contributed by atoms with E-state index in [0.717, 1.165) is 18.7 Å². The minimum Gasteiger partial charge on any atom is -0.303 e. The molecule has 4 nitrogen and oxygen atoms in total. The maximum Gasteiger partial charge on any atom is 0.183 e. The molecule has 0 bridgehead atoms. The Kier molecular flexibility index (Phi) is 5.90. The maximum atomic E-state index is 8.60. The molecule has 20 heavy (non-hydrogen) atoms. The zero-order valence-electron chi connectivity index (χ0n) is 11.8. The van der Waals surface area contributed by atoms with Gasteiger partial charge < -0.3 is 4.90 Å². The highest BCUT2D eigenvalue weighted by molar-refractivity contribution is 8.13. The molecule has 0 atom stereocenters. The van der Waals surface area contributed by atoms with Crippen LogP contribution in [0.5, 0.6) is 0 Å². The van der Waals surface area contributed by atoms with E-state index in [1.165, 1.54) is 43.3 Å². The zero-order chi connectivity index (χ0) is 14.2. The number of nitrogens with zero attached hydrogens (tertiary/aromatic N) is 3. The van der Waals surface area contributed by atoms with E-state index in [4.69, 9.17) is 5.26 Å². The van der Waals surface area contributed by atoms with Gasteiger partial charge in [-0.25, -0.2) is 4.99 Å². The van der Waals surface area contributed by atoms with Gasteiger partial charge in [-0.3, -0.25) is 5.32 Å². The van der Waals surface area contributed by atoms with Crippen LogP contribution in [0.4, 0.5) is 5.69 Å². The Labute approximate surface area is 124 Å². The summed E-state index contributed by atoms with van der Waals surface area (Å²) in [6.45, 7) is 3.65. The van der Waals surface area contributed by atoms with Crippen LogP contribution in [0.15, 0.2) is 29.3 Å². The van der Waals surface area contributed by atoms with E-state index in [1.807, 2.05) is 24.6 Å². The molecule has 0 aliphatic carbocycles. The van der Waals surface area contributed by atoms with Gasteiger partial charge in [-0.05, 0) is 56.3 Å². The van der Waals surface area contributed by atoms with Gasteiger partial charge in [-0.15, -0.1) is 0 Å². The van der Waals surface area contributed by atoms with E-state index in [2.05, 4.69) is 27.3 Å². The number of nitrogens with one attached hydrogen (secondary N) is 1. The van der Waals surface area contributed by atoms with Crippen molar-refractivity contribution in [2.75, 3.05) is 25.9 Å². The van der Waals surface area contributed by atoms with Crippen molar-refractivity contribution in [3.05, 3.63) is 29.8 Å². The molecule has 0 radical (unpaired) electrons. The highest BCUT2D eigenvalue weighted by Crippen LogP contribution is 2.16. The van der Waals surface area contributed by atoms with Crippen molar-refractivity contribution in [1.29, 1.82) is 5.26 Å². The first-order chi connectivity index (χ1) is 9.81. The summed E-state index contributed by atoms with van der Waals surface area (Å²) < 4.78 is 0. The number of hydrogen-bond acceptors (Lipinski definition) is 4. The van der Waals surface area contributed by atoms with Gasteiger partial charge in [0, 0.05) is 6.54 Å². The summed E-state index contributed by atoms with van der Waals surface area (Å²) >= 11 is 1.43. The fraction of sp³-hybridized carbons (Fsp3) is 0.467. The summed E-state index contributed by atoms with van der Waals surface area (Å²) in [6, 6.07) is 8.27. The van der Waals surface area contributed by atoms with Crippen LogP contribution in [0.2, 0.25) is 0 Å². The molecule has 0 unspecified atom stereocenters. The second-order valence-electron chi connectivity index (χ2n) is 4.82. The first kappa shape index (κ1) is 14.9. The fourth-order valence-corrected chi connectivity index (χ4v) is 2.66. The molecule has 1 heterocycles. The van der Waals surface area contributed by atoms with Crippen LogP contribution in [0.25, 0.3) is 0 Å². The number of thioether (sulfide) groups is 1. The number of rotatable bonds is 4. The Morgan fingerprint density at radius 1 is 1.35 bits per heavy atom. The van der Waals surface area contributed by atoms with Crippen molar-refractivity contribution < 1.29 is 0 Å². The molecule has 0 amide bonds. The van der Waals surface area contributed by atoms with Crippen molar-refractivity contribution in [1.82, 2.24) is 10.2 Å². The van der Waals surface area contributed by atoms with Gasteiger partial charge in [0.1, 0.15) is 0 Å². The minimum atomic E-state index is 0.623. The number of amidine groups is 1. The van der Waals surface area contributed by atoms with Gasteiger partial charge in [0.15, 0.2) is 11.4 Å². The summed E-state index contributed by atoms with van der Waals surface area (Å²) in [5, 5.41) is 11.8. The molecule has 0 spiro atoms. The predicted octanol–water partition coefficient (Wildman–Crippen LogP) is 2.75. The number of hydrogen-bond donors (Lipinski definition) is 1. The lowest BCUT2D eigenvalue weighted by Crippen LogP contribution is -2.21. The molecule has 106 valence electrons. The molecule has 1 aliphatic rings. The lowest BCUT2D eigenvalue weighted by atomic mass is 10.1. The molecule has 1 aromatic carbocycles. The largest absolute Gasteiger partial charge is 0.303 e. The zero-order valence-corrected chi connectivity index (χ0v) is 12.6. The first-order valence-corrected chi connectivity index (χ1v) is 8.13. The van der Waals surface area contributed by atoms with Crippen LogP contribution in [-0.4, -0.2) is 36.0 Å². The number of aliphatic imine (C=N–C) groups is 1. The van der Waals surface area contributed by atoms with Crippen molar-refractivity contribution in [2.24, 2.45) is 4.99 Å². The molecule has 1 aromatic rings. The molecule has 0 saturated carbocycles. The topological polar surface area (TPSA) is 51.4 Å². The molecule has 0 aromatic heterocycles. The van der Waals surface area contributed by atoms with Crippen LogP contribution in [0.3, 0.4) is 0 Å². The minimum absolute atomic E-state index is 0.623. The van der Waals surface area contributed by atoms with Crippen LogP contribution in [0, 0.1) is 11.5 Å². The lowest BCUT2D eigenvalue weighted by Gasteiger charge is -2.14. The average Bonchev–Trinajstić information content (AvgIpc) is 2.99. The predicted molar refractivity (Wildman–Crippen MR) is 85.2 cm³/mol. The van der Waals surface area contributed by atoms with E-state index < -0.39 is 0 Å². The summed E-state index contributed by atoms with van der Waals surface area (Å²) in [4.78, 5) is 6.90. The maximum absolute atomic E-state index is 8.60. The highest BCUT2D eigenvalue weighted by Gasteiger charge is 2.10. The fourth-order valence-electron chi connectivity index (χ4n) is 2.32. The van der Waals surface area contributed by atoms with Crippen molar-refractivity contribution in [2.45, 2.75) is 19.3 Å².